The van der Waals surface area contributed by atoms with Gasteiger partial charge in [0.25, 0.3) is 5.91 Å². The molecule has 36 heavy (non-hydrogen) atoms. The van der Waals surface area contributed by atoms with Crippen LogP contribution >= 0.6 is 0 Å². The van der Waals surface area contributed by atoms with E-state index in [1.54, 1.807) is 4.90 Å². The molecule has 0 radical (unpaired) electrons. The molecule has 0 unspecified atom stereocenters. The van der Waals surface area contributed by atoms with Crippen molar-refractivity contribution in [3.05, 3.63) is 69.8 Å². The fourth-order valence-electron chi connectivity index (χ4n) is 6.69. The molecule has 0 aromatic heterocycles. The normalized spacial score (nSPS) is 29.6. The molecule has 3 aliphatic heterocycles. The number of aliphatic imine (C=N–C) groups is 1. The maximum absolute atomic E-state index is 13.5. The lowest BCUT2D eigenvalue weighted by Gasteiger charge is -2.39. The number of hydrogen-bond acceptors (Lipinski definition) is 5. The predicted molar refractivity (Wildman–Crippen MR) is 138 cm³/mol. The number of benzene rings is 2. The maximum atomic E-state index is 13.5. The molecule has 188 valence electrons. The second-order valence-corrected chi connectivity index (χ2v) is 10.9. The highest BCUT2D eigenvalue weighted by molar-refractivity contribution is 6.00. The lowest BCUT2D eigenvalue weighted by molar-refractivity contribution is -0.131. The first-order chi connectivity index (χ1) is 17.4. The van der Waals surface area contributed by atoms with E-state index >= 15 is 0 Å². The fourth-order valence-corrected chi connectivity index (χ4v) is 6.69. The van der Waals surface area contributed by atoms with Gasteiger partial charge in [0, 0.05) is 12.0 Å². The molecule has 6 bridgehead atoms. The Kier molecular flexibility index (Phi) is 5.63. The maximum Gasteiger partial charge on any atom is 0.251 e. The van der Waals surface area contributed by atoms with Crippen LogP contribution in [0.2, 0.25) is 0 Å². The van der Waals surface area contributed by atoms with Gasteiger partial charge in [-0.3, -0.25) is 14.5 Å². The van der Waals surface area contributed by atoms with E-state index in [1.165, 1.54) is 5.56 Å². The SMILES string of the molecule is CC[C@@]12CCCCc3ccc4c(c3)[C@@H](NC(=O)c3ccc5c(c3)[C@@H](CC5)N(C(=O)C1)C(N)=N2)[C@H](O)C4. The lowest BCUT2D eigenvalue weighted by Crippen LogP contribution is -2.52. The average Bonchev–Trinajstić information content (AvgIpc) is 3.41. The first kappa shape index (κ1) is 23.2. The Labute approximate surface area is 211 Å². The third kappa shape index (κ3) is 3.81. The van der Waals surface area contributed by atoms with Gasteiger partial charge in [-0.2, -0.15) is 0 Å². The lowest BCUT2D eigenvalue weighted by atomic mass is 9.84. The Morgan fingerprint density at radius 3 is 2.75 bits per heavy atom. The molecule has 0 saturated carbocycles. The summed E-state index contributed by atoms with van der Waals surface area (Å²) < 4.78 is 0. The molecule has 7 rings (SSSR count). The summed E-state index contributed by atoms with van der Waals surface area (Å²) in [6.45, 7) is 2.09. The van der Waals surface area contributed by atoms with Crippen LogP contribution in [0.15, 0.2) is 41.4 Å². The summed E-state index contributed by atoms with van der Waals surface area (Å²) >= 11 is 0. The number of nitrogens with one attached hydrogen (secondary N) is 1. The zero-order valence-corrected chi connectivity index (χ0v) is 20.8. The van der Waals surface area contributed by atoms with E-state index in [0.29, 0.717) is 24.4 Å². The largest absolute Gasteiger partial charge is 0.390 e. The van der Waals surface area contributed by atoms with Gasteiger partial charge in [0.1, 0.15) is 0 Å². The van der Waals surface area contributed by atoms with Crippen LogP contribution in [-0.4, -0.2) is 39.4 Å². The zero-order chi connectivity index (χ0) is 25.0. The van der Waals surface area contributed by atoms with Gasteiger partial charge >= 0.3 is 0 Å². The molecular formula is C29H34N4O3. The number of rotatable bonds is 1. The van der Waals surface area contributed by atoms with Crippen LogP contribution in [0, 0.1) is 0 Å². The van der Waals surface area contributed by atoms with Crippen molar-refractivity contribution in [1.29, 1.82) is 0 Å². The molecule has 5 aliphatic rings. The monoisotopic (exact) mass is 486 g/mol. The number of aryl methyl sites for hydroxylation is 2. The molecule has 2 amide bonds. The number of guanidine groups is 1. The number of carbonyl (C=O) groups is 2. The number of hydrogen-bond donors (Lipinski definition) is 3. The summed E-state index contributed by atoms with van der Waals surface area (Å²) in [6, 6.07) is 11.4. The van der Waals surface area contributed by atoms with Gasteiger partial charge in [0.05, 0.1) is 30.1 Å². The number of carbonyl (C=O) groups excluding carboxylic acids is 2. The Morgan fingerprint density at radius 2 is 1.94 bits per heavy atom. The van der Waals surface area contributed by atoms with E-state index in [1.807, 2.05) is 18.2 Å². The van der Waals surface area contributed by atoms with Crippen molar-refractivity contribution in [2.45, 2.75) is 88.4 Å². The van der Waals surface area contributed by atoms with Crippen LogP contribution in [-0.2, 0) is 24.1 Å². The number of nitrogens with zero attached hydrogens (tertiary/aromatic N) is 2. The Morgan fingerprint density at radius 1 is 1.11 bits per heavy atom. The Hall–Kier alpha value is -3.19. The van der Waals surface area contributed by atoms with Crippen molar-refractivity contribution < 1.29 is 14.7 Å². The van der Waals surface area contributed by atoms with E-state index in [9.17, 15) is 14.7 Å². The van der Waals surface area contributed by atoms with Gasteiger partial charge in [-0.1, -0.05) is 37.6 Å². The van der Waals surface area contributed by atoms with Crippen molar-refractivity contribution in [2.75, 3.05) is 0 Å². The molecule has 7 heteroatoms. The van der Waals surface area contributed by atoms with Crippen LogP contribution < -0.4 is 11.1 Å². The highest BCUT2D eigenvalue weighted by Crippen LogP contribution is 2.41. The minimum absolute atomic E-state index is 0.0208. The summed E-state index contributed by atoms with van der Waals surface area (Å²) in [5, 5.41) is 13.9. The standard InChI is InChI=1S/C29H34N4O3/c1-2-29-12-4-3-5-17-6-7-19-15-24(34)26(22(19)13-17)31-27(36)20-9-8-18-10-11-23(21(18)14-20)33(25(35)16-29)28(30)32-29/h6-9,13-14,23-24,26,34H,2-5,10-12,15-16H2,1H3,(H2,30,32)(H,31,36)/t23-,24-,26-,29-/m1/s1. The van der Waals surface area contributed by atoms with Gasteiger partial charge in [0.15, 0.2) is 5.96 Å². The van der Waals surface area contributed by atoms with Gasteiger partial charge in [-0.15, -0.1) is 0 Å². The summed E-state index contributed by atoms with van der Waals surface area (Å²) in [6.07, 6.45) is 6.29. The number of nitrogens with two attached hydrogens (primary N) is 1. The van der Waals surface area contributed by atoms with Gasteiger partial charge in [0.2, 0.25) is 5.91 Å². The molecule has 4 atom stereocenters. The number of fused-ring (bicyclic) bond motifs is 5. The second-order valence-electron chi connectivity index (χ2n) is 10.9. The van der Waals surface area contributed by atoms with E-state index in [4.69, 9.17) is 10.7 Å². The quantitative estimate of drug-likeness (QED) is 0.573. The molecule has 0 fully saturated rings. The highest BCUT2D eigenvalue weighted by atomic mass is 16.3. The third-order valence-electron chi connectivity index (χ3n) is 8.77. The summed E-state index contributed by atoms with van der Waals surface area (Å²) in [5.41, 5.74) is 12.0. The molecule has 0 saturated heterocycles. The minimum Gasteiger partial charge on any atom is -0.390 e. The fraction of sp³-hybridized carbons (Fsp3) is 0.483. The smallest absolute Gasteiger partial charge is 0.251 e. The second kappa shape index (κ2) is 8.73. The van der Waals surface area contributed by atoms with E-state index in [0.717, 1.165) is 67.2 Å². The molecule has 2 aromatic rings. The van der Waals surface area contributed by atoms with E-state index in [-0.39, 0.29) is 17.9 Å². The summed E-state index contributed by atoms with van der Waals surface area (Å²) in [5.74, 6) is 0.104. The van der Waals surface area contributed by atoms with Crippen molar-refractivity contribution in [3.63, 3.8) is 0 Å². The number of aliphatic hydroxyl groups excluding tert-OH is 1. The van der Waals surface area contributed by atoms with Crippen LogP contribution in [0.4, 0.5) is 0 Å². The van der Waals surface area contributed by atoms with E-state index in [2.05, 4.69) is 30.4 Å². The zero-order valence-electron chi connectivity index (χ0n) is 20.8. The average molecular weight is 487 g/mol. The van der Waals surface area contributed by atoms with Gasteiger partial charge in [-0.25, -0.2) is 4.99 Å². The van der Waals surface area contributed by atoms with Crippen LogP contribution in [0.25, 0.3) is 0 Å². The third-order valence-corrected chi connectivity index (χ3v) is 8.77. The van der Waals surface area contributed by atoms with Crippen LogP contribution in [0.1, 0.15) is 95.7 Å². The molecule has 3 heterocycles. The van der Waals surface area contributed by atoms with Crippen molar-refractivity contribution in [2.24, 2.45) is 10.7 Å². The Balaban J connectivity index is 1.42. The summed E-state index contributed by atoms with van der Waals surface area (Å²) in [4.78, 5) is 33.5. The first-order valence-electron chi connectivity index (χ1n) is 13.3. The molecule has 4 N–H and O–H groups in total. The summed E-state index contributed by atoms with van der Waals surface area (Å²) in [7, 11) is 0. The Bertz CT molecular complexity index is 1270. The van der Waals surface area contributed by atoms with Gasteiger partial charge in [-0.05, 0) is 78.5 Å². The van der Waals surface area contributed by atoms with Crippen LogP contribution in [0.3, 0.4) is 0 Å². The van der Waals surface area contributed by atoms with Crippen molar-refractivity contribution in [1.82, 2.24) is 10.2 Å². The number of aliphatic hydroxyl groups is 1. The van der Waals surface area contributed by atoms with E-state index < -0.39 is 17.7 Å². The topological polar surface area (TPSA) is 108 Å². The predicted octanol–water partition coefficient (Wildman–Crippen LogP) is 3.48. The minimum atomic E-state index is -0.646. The molecule has 2 aliphatic carbocycles. The molecule has 7 nitrogen and oxygen atoms in total. The molecule has 2 aromatic carbocycles. The first-order valence-corrected chi connectivity index (χ1v) is 13.3. The van der Waals surface area contributed by atoms with Gasteiger partial charge < -0.3 is 16.2 Å². The number of amides is 2. The van der Waals surface area contributed by atoms with Crippen LogP contribution in [0.5, 0.6) is 0 Å². The highest BCUT2D eigenvalue weighted by Gasteiger charge is 2.43. The van der Waals surface area contributed by atoms with Crippen molar-refractivity contribution in [3.8, 4) is 0 Å². The van der Waals surface area contributed by atoms with Crippen molar-refractivity contribution >= 4 is 17.8 Å². The molecular weight excluding hydrogens is 452 g/mol. The molecule has 0 spiro atoms.